The number of thiophene rings is 1. The lowest BCUT2D eigenvalue weighted by Crippen LogP contribution is -2.14. The van der Waals surface area contributed by atoms with E-state index in [2.05, 4.69) is 5.32 Å². The number of rotatable bonds is 4. The van der Waals surface area contributed by atoms with Gasteiger partial charge in [-0.2, -0.15) is 0 Å². The van der Waals surface area contributed by atoms with Crippen LogP contribution in [0.1, 0.15) is 20.7 Å². The Bertz CT molecular complexity index is 1000. The van der Waals surface area contributed by atoms with Crippen molar-refractivity contribution in [3.8, 4) is 11.1 Å². The Labute approximate surface area is 161 Å². The monoisotopic (exact) mass is 409 g/mol. The normalized spacial score (nSPS) is 10.6. The predicted octanol–water partition coefficient (Wildman–Crippen LogP) is 5.81. The van der Waals surface area contributed by atoms with Crippen molar-refractivity contribution >= 4 is 51.4 Å². The van der Waals surface area contributed by atoms with Gasteiger partial charge in [-0.25, -0.2) is 9.18 Å². The van der Waals surface area contributed by atoms with Gasteiger partial charge in [-0.1, -0.05) is 35.3 Å². The third-order valence-electron chi connectivity index (χ3n) is 3.56. The largest absolute Gasteiger partial charge is 0.478 e. The van der Waals surface area contributed by atoms with Crippen molar-refractivity contribution < 1.29 is 19.1 Å². The number of aromatic carboxylic acids is 1. The van der Waals surface area contributed by atoms with Crippen LogP contribution in [0.3, 0.4) is 0 Å². The minimum atomic E-state index is -1.18. The zero-order valence-electron chi connectivity index (χ0n) is 12.9. The van der Waals surface area contributed by atoms with Gasteiger partial charge in [-0.3, -0.25) is 4.79 Å². The van der Waals surface area contributed by atoms with E-state index in [-0.39, 0.29) is 21.2 Å². The first-order valence-corrected chi connectivity index (χ1v) is 8.87. The van der Waals surface area contributed by atoms with Crippen LogP contribution in [0.25, 0.3) is 11.1 Å². The molecule has 0 saturated heterocycles. The highest BCUT2D eigenvalue weighted by molar-refractivity contribution is 7.15. The van der Waals surface area contributed by atoms with E-state index in [4.69, 9.17) is 23.2 Å². The summed E-state index contributed by atoms with van der Waals surface area (Å²) in [6, 6.07) is 10.0. The molecule has 2 N–H and O–H groups in total. The van der Waals surface area contributed by atoms with Crippen molar-refractivity contribution in [2.45, 2.75) is 0 Å². The molecule has 3 aromatic rings. The van der Waals surface area contributed by atoms with Gasteiger partial charge in [0.15, 0.2) is 0 Å². The first-order chi connectivity index (χ1) is 12.4. The quantitative estimate of drug-likeness (QED) is 0.570. The molecule has 0 aliphatic carbocycles. The number of benzene rings is 2. The van der Waals surface area contributed by atoms with E-state index in [1.165, 1.54) is 6.07 Å². The lowest BCUT2D eigenvalue weighted by Gasteiger charge is -2.07. The third-order valence-corrected chi connectivity index (χ3v) is 5.02. The average molecular weight is 410 g/mol. The lowest BCUT2D eigenvalue weighted by molar-refractivity contribution is 0.0699. The topological polar surface area (TPSA) is 66.4 Å². The summed E-state index contributed by atoms with van der Waals surface area (Å²) in [6.07, 6.45) is 0. The molecule has 4 nitrogen and oxygen atoms in total. The summed E-state index contributed by atoms with van der Waals surface area (Å²) in [5.74, 6) is -2.38. The van der Waals surface area contributed by atoms with Crippen LogP contribution in [0, 0.1) is 5.82 Å². The second-order valence-corrected chi connectivity index (χ2v) is 6.97. The van der Waals surface area contributed by atoms with Gasteiger partial charge in [0.2, 0.25) is 0 Å². The van der Waals surface area contributed by atoms with Crippen LogP contribution in [0.4, 0.5) is 9.39 Å². The van der Waals surface area contributed by atoms with Crippen LogP contribution >= 0.6 is 34.5 Å². The molecule has 1 heterocycles. The molecule has 0 saturated carbocycles. The van der Waals surface area contributed by atoms with E-state index in [0.717, 1.165) is 23.5 Å². The lowest BCUT2D eigenvalue weighted by atomic mass is 10.0. The Morgan fingerprint density at radius 3 is 2.38 bits per heavy atom. The summed E-state index contributed by atoms with van der Waals surface area (Å²) in [6.45, 7) is 0. The molecule has 0 bridgehead atoms. The molecule has 0 atom stereocenters. The van der Waals surface area contributed by atoms with Gasteiger partial charge in [0.05, 0.1) is 10.6 Å². The highest BCUT2D eigenvalue weighted by Gasteiger charge is 2.22. The predicted molar refractivity (Wildman–Crippen MR) is 101 cm³/mol. The van der Waals surface area contributed by atoms with Crippen LogP contribution in [0.5, 0.6) is 0 Å². The van der Waals surface area contributed by atoms with E-state index < -0.39 is 17.7 Å². The van der Waals surface area contributed by atoms with Crippen LogP contribution in [0.15, 0.2) is 47.8 Å². The molecule has 132 valence electrons. The first-order valence-electron chi connectivity index (χ1n) is 7.24. The van der Waals surface area contributed by atoms with Crippen LogP contribution in [-0.2, 0) is 0 Å². The van der Waals surface area contributed by atoms with Gasteiger partial charge < -0.3 is 10.4 Å². The molecule has 3 rings (SSSR count). The van der Waals surface area contributed by atoms with Crippen molar-refractivity contribution in [1.82, 2.24) is 0 Å². The van der Waals surface area contributed by atoms with Crippen LogP contribution in [-0.4, -0.2) is 17.0 Å². The molecule has 26 heavy (non-hydrogen) atoms. The minimum absolute atomic E-state index is 0.0380. The molecule has 8 heteroatoms. The molecule has 0 radical (unpaired) electrons. The molecule has 0 unspecified atom stereocenters. The number of carboxylic acid groups (broad SMARTS) is 1. The van der Waals surface area contributed by atoms with Gasteiger partial charge in [0.1, 0.15) is 16.4 Å². The number of hydrogen-bond acceptors (Lipinski definition) is 3. The zero-order chi connectivity index (χ0) is 18.8. The van der Waals surface area contributed by atoms with Gasteiger partial charge in [-0.05, 0) is 35.9 Å². The summed E-state index contributed by atoms with van der Waals surface area (Å²) in [5.41, 5.74) is 1.12. The molecule has 2 aromatic carbocycles. The smallest absolute Gasteiger partial charge is 0.339 e. The Hall–Kier alpha value is -2.41. The summed E-state index contributed by atoms with van der Waals surface area (Å²) in [4.78, 5) is 24.1. The number of halogens is 3. The Morgan fingerprint density at radius 2 is 1.77 bits per heavy atom. The molecule has 1 aromatic heterocycles. The van der Waals surface area contributed by atoms with E-state index >= 15 is 0 Å². The van der Waals surface area contributed by atoms with E-state index in [9.17, 15) is 19.1 Å². The number of anilines is 1. The number of carbonyl (C=O) groups is 2. The summed E-state index contributed by atoms with van der Waals surface area (Å²) >= 11 is 12.8. The number of carboxylic acids is 1. The van der Waals surface area contributed by atoms with Crippen LogP contribution in [0.2, 0.25) is 10.0 Å². The number of nitrogens with one attached hydrogen (secondary N) is 1. The highest BCUT2D eigenvalue weighted by Crippen LogP contribution is 2.36. The maximum absolute atomic E-state index is 13.1. The third kappa shape index (κ3) is 3.72. The molecular formula is C18H10Cl2FNO3S. The summed E-state index contributed by atoms with van der Waals surface area (Å²) in [5, 5.41) is 14.4. The Kier molecular flexibility index (Phi) is 5.27. The van der Waals surface area contributed by atoms with Crippen molar-refractivity contribution in [2.75, 3.05) is 5.32 Å². The fourth-order valence-electron chi connectivity index (χ4n) is 2.35. The minimum Gasteiger partial charge on any atom is -0.478 e. The number of amides is 1. The van der Waals surface area contributed by atoms with E-state index in [1.54, 1.807) is 29.6 Å². The van der Waals surface area contributed by atoms with Crippen molar-refractivity contribution in [2.24, 2.45) is 0 Å². The standard InChI is InChI=1S/C18H10Cl2FNO3S/c19-10-3-1-9(2-4-10)13-8-26-17(15(13)18(24)25)22-16(23)12-6-5-11(21)7-14(12)20/h1-8H,(H,22,23)(H,24,25). The maximum atomic E-state index is 13.1. The second kappa shape index (κ2) is 7.45. The first kappa shape index (κ1) is 18.4. The molecule has 0 spiro atoms. The fraction of sp³-hybridized carbons (Fsp3) is 0. The zero-order valence-corrected chi connectivity index (χ0v) is 15.3. The molecular weight excluding hydrogens is 400 g/mol. The fourth-order valence-corrected chi connectivity index (χ4v) is 3.68. The van der Waals surface area contributed by atoms with Crippen LogP contribution < -0.4 is 5.32 Å². The number of hydrogen-bond donors (Lipinski definition) is 2. The van der Waals surface area contributed by atoms with Gasteiger partial charge in [0.25, 0.3) is 5.91 Å². The molecule has 1 amide bonds. The van der Waals surface area contributed by atoms with E-state index in [0.29, 0.717) is 16.1 Å². The SMILES string of the molecule is O=C(Nc1scc(-c2ccc(Cl)cc2)c1C(=O)O)c1ccc(F)cc1Cl. The Balaban J connectivity index is 1.97. The van der Waals surface area contributed by atoms with Crippen molar-refractivity contribution in [1.29, 1.82) is 0 Å². The van der Waals surface area contributed by atoms with Gasteiger partial charge in [0, 0.05) is 16.0 Å². The second-order valence-electron chi connectivity index (χ2n) is 5.24. The molecule has 0 aliphatic heterocycles. The maximum Gasteiger partial charge on any atom is 0.339 e. The number of carbonyl (C=O) groups excluding carboxylic acids is 1. The Morgan fingerprint density at radius 1 is 1.08 bits per heavy atom. The van der Waals surface area contributed by atoms with Gasteiger partial charge >= 0.3 is 5.97 Å². The summed E-state index contributed by atoms with van der Waals surface area (Å²) in [7, 11) is 0. The average Bonchev–Trinajstić information content (AvgIpc) is 2.99. The van der Waals surface area contributed by atoms with Crippen molar-refractivity contribution in [3.63, 3.8) is 0 Å². The van der Waals surface area contributed by atoms with E-state index in [1.807, 2.05) is 0 Å². The van der Waals surface area contributed by atoms with Crippen molar-refractivity contribution in [3.05, 3.63) is 74.8 Å². The van der Waals surface area contributed by atoms with Gasteiger partial charge in [-0.15, -0.1) is 11.3 Å². The summed E-state index contributed by atoms with van der Waals surface area (Å²) < 4.78 is 13.1. The molecule has 0 aliphatic rings. The highest BCUT2D eigenvalue weighted by atomic mass is 35.5. The molecule has 0 fully saturated rings.